The summed E-state index contributed by atoms with van der Waals surface area (Å²) in [5.41, 5.74) is 1.45. The number of fused-ring (bicyclic) bond motifs is 2. The highest BCUT2D eigenvalue weighted by molar-refractivity contribution is 5.85. The molecule has 0 fully saturated rings. The summed E-state index contributed by atoms with van der Waals surface area (Å²) in [4.78, 5) is 24.7. The minimum atomic E-state index is -0.382. The van der Waals surface area contributed by atoms with Gasteiger partial charge in [0, 0.05) is 12.1 Å². The van der Waals surface area contributed by atoms with Gasteiger partial charge in [-0.2, -0.15) is 0 Å². The molecule has 0 atom stereocenters. The summed E-state index contributed by atoms with van der Waals surface area (Å²) in [7, 11) is 0. The van der Waals surface area contributed by atoms with E-state index < -0.39 is 0 Å². The Morgan fingerprint density at radius 1 is 0.450 bits per heavy atom. The van der Waals surface area contributed by atoms with Crippen molar-refractivity contribution in [1.82, 2.24) is 0 Å². The molecule has 0 unspecified atom stereocenters. The first-order valence-electron chi connectivity index (χ1n) is 11.7. The molecule has 4 aromatic carbocycles. The van der Waals surface area contributed by atoms with Crippen molar-refractivity contribution in [2.75, 3.05) is 0 Å². The van der Waals surface area contributed by atoms with Crippen LogP contribution >= 0.6 is 0 Å². The lowest BCUT2D eigenvalue weighted by Crippen LogP contribution is -2.04. The number of phenolic OH excluding ortho intramolecular Hbond substituents is 6. The van der Waals surface area contributed by atoms with Gasteiger partial charge in [0.05, 0.1) is 21.9 Å². The summed E-state index contributed by atoms with van der Waals surface area (Å²) in [5.74, 6) is -1.19. The van der Waals surface area contributed by atoms with Gasteiger partial charge in [0.1, 0.15) is 35.2 Å². The van der Waals surface area contributed by atoms with Gasteiger partial charge in [-0.1, -0.05) is 18.2 Å². The Labute approximate surface area is 224 Å². The molecule has 6 N–H and O–H groups in total. The molecule has 0 aliphatic rings. The van der Waals surface area contributed by atoms with Crippen LogP contribution in [0, 0.1) is 0 Å². The molecule has 40 heavy (non-hydrogen) atoms. The van der Waals surface area contributed by atoms with E-state index in [4.69, 9.17) is 8.83 Å². The molecular formula is C30H20O10. The fourth-order valence-corrected chi connectivity index (χ4v) is 4.00. The van der Waals surface area contributed by atoms with E-state index >= 15 is 0 Å². The summed E-state index contributed by atoms with van der Waals surface area (Å²) < 4.78 is 10.6. The Hall–Kier alpha value is -5.90. The van der Waals surface area contributed by atoms with Gasteiger partial charge in [-0.05, 0) is 53.6 Å². The summed E-state index contributed by atoms with van der Waals surface area (Å²) >= 11 is 0. The molecule has 200 valence electrons. The maximum atomic E-state index is 12.4. The van der Waals surface area contributed by atoms with Crippen LogP contribution in [-0.4, -0.2) is 30.6 Å². The third kappa shape index (κ3) is 4.84. The topological polar surface area (TPSA) is 182 Å². The van der Waals surface area contributed by atoms with Crippen LogP contribution in [0.2, 0.25) is 0 Å². The molecule has 0 spiro atoms. The van der Waals surface area contributed by atoms with Crippen molar-refractivity contribution in [2.24, 2.45) is 0 Å². The molecular weight excluding hydrogens is 520 g/mol. The third-order valence-electron chi connectivity index (χ3n) is 6.09. The Morgan fingerprint density at radius 3 is 1.65 bits per heavy atom. The van der Waals surface area contributed by atoms with Gasteiger partial charge in [-0.15, -0.1) is 0 Å². The Bertz CT molecular complexity index is 2000. The highest BCUT2D eigenvalue weighted by Crippen LogP contribution is 2.31. The molecule has 6 rings (SSSR count). The molecule has 0 radical (unpaired) electrons. The van der Waals surface area contributed by atoms with E-state index in [-0.39, 0.29) is 67.5 Å². The lowest BCUT2D eigenvalue weighted by molar-refractivity contribution is 0.403. The van der Waals surface area contributed by atoms with E-state index in [1.165, 1.54) is 73.2 Å². The molecule has 0 bridgehead atoms. The number of hydrogen-bond acceptors (Lipinski definition) is 10. The molecule has 0 amide bonds. The quantitative estimate of drug-likeness (QED) is 0.161. The smallest absolute Gasteiger partial charge is 0.200 e. The molecule has 0 saturated heterocycles. The van der Waals surface area contributed by atoms with Crippen LogP contribution in [0.4, 0.5) is 0 Å². The van der Waals surface area contributed by atoms with Gasteiger partial charge < -0.3 is 39.5 Å². The first-order chi connectivity index (χ1) is 19.1. The van der Waals surface area contributed by atoms with Gasteiger partial charge in [-0.25, -0.2) is 0 Å². The van der Waals surface area contributed by atoms with Crippen molar-refractivity contribution in [3.63, 3.8) is 0 Å². The Kier molecular flexibility index (Phi) is 6.50. The first-order valence-corrected chi connectivity index (χ1v) is 11.7. The van der Waals surface area contributed by atoms with Gasteiger partial charge in [0.25, 0.3) is 0 Å². The number of rotatable bonds is 2. The Balaban J connectivity index is 0.000000161. The second-order valence-electron chi connectivity index (χ2n) is 8.72. The monoisotopic (exact) mass is 540 g/mol. The van der Waals surface area contributed by atoms with Crippen LogP contribution < -0.4 is 10.9 Å². The normalized spacial score (nSPS) is 10.8. The van der Waals surface area contributed by atoms with E-state index in [1.807, 2.05) is 0 Å². The van der Waals surface area contributed by atoms with E-state index in [1.54, 1.807) is 12.1 Å². The van der Waals surface area contributed by atoms with Crippen molar-refractivity contribution in [3.8, 4) is 56.8 Å². The van der Waals surface area contributed by atoms with Crippen LogP contribution in [0.15, 0.2) is 104 Å². The van der Waals surface area contributed by atoms with Crippen molar-refractivity contribution in [2.45, 2.75) is 0 Å². The standard InChI is InChI=1S/2C15H10O5/c16-9-2-3-10-14(6-9)20-7-11(15(10)19)8-1-4-12(17)13(18)5-8;16-9-3-1-8(2-4-9)11-7-20-14-6-13(18)12(17)5-10(14)15(11)19/h2*1-7,16-18H. The SMILES string of the molecule is O=c1c(-c2ccc(O)c(O)c2)coc2cc(O)ccc12.O=c1c(-c2ccc(O)cc2)coc2cc(O)c(O)cc12. The third-order valence-corrected chi connectivity index (χ3v) is 6.09. The lowest BCUT2D eigenvalue weighted by atomic mass is 10.0. The highest BCUT2D eigenvalue weighted by atomic mass is 16.3. The van der Waals surface area contributed by atoms with Crippen molar-refractivity contribution < 1.29 is 39.5 Å². The predicted molar refractivity (Wildman–Crippen MR) is 146 cm³/mol. The molecule has 0 aliphatic carbocycles. The fourth-order valence-electron chi connectivity index (χ4n) is 4.00. The zero-order valence-corrected chi connectivity index (χ0v) is 20.4. The number of benzene rings is 4. The zero-order chi connectivity index (χ0) is 28.6. The summed E-state index contributed by atoms with van der Waals surface area (Å²) in [5, 5.41) is 56.7. The predicted octanol–water partition coefficient (Wildman–Crippen LogP) is 5.15. The molecule has 10 heteroatoms. The lowest BCUT2D eigenvalue weighted by Gasteiger charge is -2.04. The first kappa shape index (κ1) is 25.7. The summed E-state index contributed by atoms with van der Waals surface area (Å²) in [6.45, 7) is 0. The van der Waals surface area contributed by atoms with E-state index in [2.05, 4.69) is 0 Å². The number of aromatic hydroxyl groups is 6. The van der Waals surface area contributed by atoms with Gasteiger partial charge in [-0.3, -0.25) is 9.59 Å². The molecule has 10 nitrogen and oxygen atoms in total. The number of hydrogen-bond donors (Lipinski definition) is 6. The van der Waals surface area contributed by atoms with Gasteiger partial charge >= 0.3 is 0 Å². The average molecular weight is 540 g/mol. The average Bonchev–Trinajstić information content (AvgIpc) is 2.93. The minimum Gasteiger partial charge on any atom is -0.508 e. The second-order valence-corrected chi connectivity index (χ2v) is 8.72. The van der Waals surface area contributed by atoms with E-state index in [0.717, 1.165) is 0 Å². The fraction of sp³-hybridized carbons (Fsp3) is 0. The molecule has 2 aromatic heterocycles. The summed E-state index contributed by atoms with van der Waals surface area (Å²) in [6.07, 6.45) is 2.55. The maximum Gasteiger partial charge on any atom is 0.200 e. The van der Waals surface area contributed by atoms with Crippen molar-refractivity contribution in [3.05, 3.63) is 106 Å². The van der Waals surface area contributed by atoms with E-state index in [0.29, 0.717) is 22.1 Å². The van der Waals surface area contributed by atoms with E-state index in [9.17, 15) is 40.2 Å². The Morgan fingerprint density at radius 2 is 0.975 bits per heavy atom. The maximum absolute atomic E-state index is 12.4. The van der Waals surface area contributed by atoms with Crippen LogP contribution in [0.3, 0.4) is 0 Å². The van der Waals surface area contributed by atoms with Crippen molar-refractivity contribution in [1.29, 1.82) is 0 Å². The zero-order valence-electron chi connectivity index (χ0n) is 20.4. The molecule has 2 heterocycles. The second kappa shape index (κ2) is 10.1. The minimum absolute atomic E-state index is 0.00989. The van der Waals surface area contributed by atoms with Crippen LogP contribution in [0.1, 0.15) is 0 Å². The van der Waals surface area contributed by atoms with Crippen LogP contribution in [0.5, 0.6) is 34.5 Å². The number of phenols is 6. The van der Waals surface area contributed by atoms with Crippen molar-refractivity contribution >= 4 is 21.9 Å². The van der Waals surface area contributed by atoms with Crippen LogP contribution in [-0.2, 0) is 0 Å². The molecule has 0 saturated carbocycles. The van der Waals surface area contributed by atoms with Crippen LogP contribution in [0.25, 0.3) is 44.2 Å². The van der Waals surface area contributed by atoms with Gasteiger partial charge in [0.2, 0.25) is 5.43 Å². The molecule has 6 aromatic rings. The van der Waals surface area contributed by atoms with Gasteiger partial charge in [0.15, 0.2) is 28.4 Å². The molecule has 0 aliphatic heterocycles. The summed E-state index contributed by atoms with van der Waals surface area (Å²) in [6, 6.07) is 16.8. The highest BCUT2D eigenvalue weighted by Gasteiger charge is 2.13. The largest absolute Gasteiger partial charge is 0.508 e.